The number of rotatable bonds is 14. The highest BCUT2D eigenvalue weighted by atomic mass is 32.1. The fourth-order valence-corrected chi connectivity index (χ4v) is 26.5. The zero-order valence-electron chi connectivity index (χ0n) is 76.6. The topological polar surface area (TPSA) is 38.0 Å². The monoisotopic (exact) mass is 1770 g/mol. The number of benzene rings is 18. The second kappa shape index (κ2) is 31.2. The van der Waals surface area contributed by atoms with Crippen LogP contribution in [-0.2, 0) is 0 Å². The van der Waals surface area contributed by atoms with Crippen LogP contribution in [0.4, 0.5) is 148 Å². The molecule has 8 heterocycles. The van der Waals surface area contributed by atoms with Crippen molar-refractivity contribution in [1.82, 2.24) is 0 Å². The molecule has 6 aliphatic heterocycles. The van der Waals surface area contributed by atoms with Gasteiger partial charge in [0.25, 0.3) is 20.1 Å². The van der Waals surface area contributed by atoms with E-state index in [2.05, 4.69) is 495 Å². The van der Waals surface area contributed by atoms with Gasteiger partial charge in [-0.05, 0) is 292 Å². The first-order valence-electron chi connectivity index (χ1n) is 47.0. The van der Waals surface area contributed by atoms with Gasteiger partial charge in [0.1, 0.15) is 0 Å². The van der Waals surface area contributed by atoms with Crippen LogP contribution in [0, 0.1) is 62.3 Å². The van der Waals surface area contributed by atoms with Gasteiger partial charge in [-0.2, -0.15) is 0 Å². The summed E-state index contributed by atoms with van der Waals surface area (Å²) in [6.45, 7) is 20.0. The third kappa shape index (κ3) is 12.5. The average molecular weight is 1770 g/mol. The minimum atomic E-state index is -0.396. The number of anilines is 26. The van der Waals surface area contributed by atoms with E-state index in [9.17, 15) is 0 Å². The Morgan fingerprint density at radius 2 is 0.489 bits per heavy atom. The molecular weight excluding hydrogens is 1680 g/mol. The number of hydrogen-bond acceptors (Lipinski definition) is 11. The fourth-order valence-electron chi connectivity index (χ4n) is 23.9. The maximum Gasteiger partial charge on any atom is 0.264 e. The molecule has 0 amide bonds. The molecule has 20 aromatic rings. The van der Waals surface area contributed by atoms with Gasteiger partial charge >= 0.3 is 0 Å². The zero-order valence-corrected chi connectivity index (χ0v) is 78.2. The van der Waals surface area contributed by atoms with Crippen molar-refractivity contribution in [3.63, 3.8) is 0 Å². The molecule has 1 N–H and O–H groups in total. The summed E-state index contributed by atoms with van der Waals surface area (Å²) in [5.41, 5.74) is 48.3. The Bertz CT molecular complexity index is 8080. The Morgan fingerprint density at radius 1 is 0.215 bits per heavy atom. The molecule has 2 aromatic heterocycles. The van der Waals surface area contributed by atoms with E-state index in [1.165, 1.54) is 129 Å². The Hall–Kier alpha value is -15.7. The summed E-state index contributed by atoms with van der Waals surface area (Å²) in [5.74, 6) is 0. The lowest BCUT2D eigenvalue weighted by Crippen LogP contribution is -2.66. The molecule has 18 aromatic carbocycles. The van der Waals surface area contributed by atoms with E-state index < -0.39 is 6.71 Å². The number of para-hydroxylation sites is 8. The maximum atomic E-state index is 4.46. The van der Waals surface area contributed by atoms with Crippen LogP contribution >= 0.6 is 22.7 Å². The lowest BCUT2D eigenvalue weighted by molar-refractivity contribution is 1.17. The lowest BCUT2D eigenvalue weighted by Gasteiger charge is -2.48. The maximum absolute atomic E-state index is 4.46. The van der Waals surface area contributed by atoms with Gasteiger partial charge in [-0.25, -0.2) is 0 Å². The molecule has 14 heteroatoms. The highest BCUT2D eigenvalue weighted by Gasteiger charge is 2.53. The van der Waals surface area contributed by atoms with E-state index in [0.29, 0.717) is 0 Å². The summed E-state index contributed by atoms with van der Waals surface area (Å²) >= 11 is 3.91. The van der Waals surface area contributed by atoms with Crippen molar-refractivity contribution in [3.8, 4) is 0 Å². The Kier molecular flexibility index (Phi) is 18.5. The van der Waals surface area contributed by atoms with E-state index in [4.69, 9.17) is 0 Å². The van der Waals surface area contributed by atoms with Crippen molar-refractivity contribution in [2.45, 2.75) is 62.3 Å². The second-order valence-electron chi connectivity index (χ2n) is 37.3. The summed E-state index contributed by atoms with van der Waals surface area (Å²) in [6.07, 6.45) is 0. The molecule has 26 rings (SSSR count). The number of hydrogen-bond donors (Lipinski definition) is 1. The molecular formula is C121H92B3N9S2. The quantitative estimate of drug-likeness (QED) is 0.107. The van der Waals surface area contributed by atoms with Gasteiger partial charge in [0, 0.05) is 132 Å². The molecule has 0 fully saturated rings. The molecule has 0 aliphatic carbocycles. The van der Waals surface area contributed by atoms with Crippen molar-refractivity contribution in [2.24, 2.45) is 0 Å². The smallest absolute Gasteiger partial charge is 0.264 e. The van der Waals surface area contributed by atoms with Crippen LogP contribution in [0.5, 0.6) is 0 Å². The second-order valence-corrected chi connectivity index (χ2v) is 39.5. The average Bonchev–Trinajstić information content (AvgIpc) is 1.66. The number of aryl methyl sites for hydroxylation is 9. The molecule has 642 valence electrons. The Labute approximate surface area is 797 Å². The van der Waals surface area contributed by atoms with Gasteiger partial charge in [-0.15, -0.1) is 22.7 Å². The molecule has 0 atom stereocenters. The predicted octanol–water partition coefficient (Wildman–Crippen LogP) is 27.8. The van der Waals surface area contributed by atoms with Gasteiger partial charge in [-0.1, -0.05) is 247 Å². The van der Waals surface area contributed by atoms with E-state index in [1.54, 1.807) is 0 Å². The van der Waals surface area contributed by atoms with Gasteiger partial charge < -0.3 is 44.5 Å². The summed E-state index contributed by atoms with van der Waals surface area (Å²) in [5, 5.41) is 6.92. The third-order valence-electron chi connectivity index (χ3n) is 28.7. The van der Waals surface area contributed by atoms with Gasteiger partial charge in [0.05, 0.1) is 45.5 Å². The normalized spacial score (nSPS) is 13.2. The van der Waals surface area contributed by atoms with Crippen molar-refractivity contribution in [3.05, 3.63) is 438 Å². The molecule has 0 bridgehead atoms. The highest BCUT2D eigenvalue weighted by Crippen LogP contribution is 2.58. The number of nitrogens with one attached hydrogen (secondary N) is 1. The van der Waals surface area contributed by atoms with E-state index in [0.717, 1.165) is 136 Å². The summed E-state index contributed by atoms with van der Waals surface area (Å²) in [4.78, 5) is 20.8. The Morgan fingerprint density at radius 3 is 0.844 bits per heavy atom. The first kappa shape index (κ1) is 80.2. The van der Waals surface area contributed by atoms with Crippen LogP contribution < -0.4 is 92.3 Å². The first-order valence-corrected chi connectivity index (χ1v) is 48.6. The van der Waals surface area contributed by atoms with Crippen molar-refractivity contribution >= 4 is 259 Å². The number of thiophene rings is 2. The van der Waals surface area contributed by atoms with Crippen molar-refractivity contribution in [2.75, 3.05) is 44.5 Å². The van der Waals surface area contributed by atoms with Crippen LogP contribution in [0.25, 0.3) is 20.2 Å². The largest absolute Gasteiger partial charge is 0.356 e. The van der Waals surface area contributed by atoms with Crippen LogP contribution in [-0.4, -0.2) is 20.1 Å². The molecule has 9 nitrogen and oxygen atoms in total. The summed E-state index contributed by atoms with van der Waals surface area (Å²) < 4.78 is 5.11. The molecule has 135 heavy (non-hydrogen) atoms. The van der Waals surface area contributed by atoms with Gasteiger partial charge in [0.2, 0.25) is 0 Å². The van der Waals surface area contributed by atoms with E-state index in [1.807, 2.05) is 22.7 Å². The predicted molar refractivity (Wildman–Crippen MR) is 581 cm³/mol. The van der Waals surface area contributed by atoms with Crippen molar-refractivity contribution < 1.29 is 0 Å². The fraction of sp³-hybridized carbons (Fsp3) is 0.0744. The summed E-state index contributed by atoms with van der Waals surface area (Å²) in [7, 11) is 0. The minimum Gasteiger partial charge on any atom is -0.356 e. The standard InChI is InChI=1S/C121H92B3N9S2/c1-74-58-77(4)115(78(5)59-74)131-102-72-100-96(123-112-101(125-100)64-91(126(83-38-18-10-19-39-83)84-40-20-11-21-41-84)65-105(112)129(89-50-30-16-31-51-89)118-94-54-34-36-56-110(94)134-120(118)123)70-97(102)122-98-71-99-104(73-103(98)132(116-79(6)60-75(2)61-80(116)7)108-68-93(67-107(131)113(108)122)128(87-46-26-14-27-47-87)88-48-28-15-29-49-88)133(117-81(8)62-76(3)63-82(117)9)109-69-92(127(85-42-22-12-23-43-85)86-44-24-13-25-45-86)66-106-114(109)124(99)121-119(95-55-35-37-57-111(95)135-121)130(106)90-52-32-17-33-53-90/h10-73,125H,1-9H3. The van der Waals surface area contributed by atoms with Crippen molar-refractivity contribution in [1.29, 1.82) is 0 Å². The van der Waals surface area contributed by atoms with E-state index >= 15 is 0 Å². The lowest BCUT2D eigenvalue weighted by atomic mass is 9.30. The number of fused-ring (bicyclic) bond motifs is 16. The highest BCUT2D eigenvalue weighted by molar-refractivity contribution is 7.34. The van der Waals surface area contributed by atoms with Crippen LogP contribution in [0.2, 0.25) is 0 Å². The molecule has 0 saturated heterocycles. The first-order chi connectivity index (χ1) is 66.2. The van der Waals surface area contributed by atoms with Crippen LogP contribution in [0.15, 0.2) is 388 Å². The molecule has 6 aliphatic rings. The number of nitrogens with zero attached hydrogens (tertiary/aromatic N) is 8. The SMILES string of the molecule is Cc1cc(C)c(N2c3cc4c(cc3B3c5cc6c(cc5N(c5c(C)cc(C)cc5C)c5cc(N(c7ccccc7)c7ccccc7)cc2c53)N(c2c(C)cc(C)cc2C)c2cc(N(c3ccccc3)c3ccccc3)cc3c2B6c2sc5ccccc5c2N3c2ccccc2)B2c3sc5ccccc5c3N(c3ccccc3)c3cc(N(c5ccccc5)c5ccccc5)cc(c32)N4)c(C)c1. The minimum absolute atomic E-state index is 0.235. The summed E-state index contributed by atoms with van der Waals surface area (Å²) in [6, 6.07) is 147. The van der Waals surface area contributed by atoms with Gasteiger partial charge in [-0.3, -0.25) is 0 Å². The molecule has 0 radical (unpaired) electrons. The van der Waals surface area contributed by atoms with E-state index in [-0.39, 0.29) is 13.4 Å². The van der Waals surface area contributed by atoms with Crippen LogP contribution in [0.3, 0.4) is 0 Å². The Balaban J connectivity index is 0.826. The van der Waals surface area contributed by atoms with Gasteiger partial charge in [0.15, 0.2) is 0 Å². The molecule has 0 saturated carbocycles. The third-order valence-corrected chi connectivity index (χ3v) is 31.1. The molecule has 0 spiro atoms. The zero-order chi connectivity index (χ0) is 90.4. The molecule has 0 unspecified atom stereocenters. The van der Waals surface area contributed by atoms with Crippen LogP contribution in [0.1, 0.15) is 50.1 Å².